The van der Waals surface area contributed by atoms with Crippen molar-refractivity contribution in [3.05, 3.63) is 11.2 Å². The van der Waals surface area contributed by atoms with Gasteiger partial charge in [-0.3, -0.25) is 0 Å². The van der Waals surface area contributed by atoms with Crippen molar-refractivity contribution in [3.63, 3.8) is 0 Å². The Kier molecular flexibility index (Phi) is 4.76. The molecule has 1 aromatic heterocycles. The molecule has 0 aromatic carbocycles. The van der Waals surface area contributed by atoms with Crippen LogP contribution in [0, 0.1) is 5.92 Å². The fourth-order valence-electron chi connectivity index (χ4n) is 1.24. The Labute approximate surface area is 100 Å². The lowest BCUT2D eigenvalue weighted by atomic mass is 10.1. The predicted molar refractivity (Wildman–Crippen MR) is 65.6 cm³/mol. The average molecular weight is 245 g/mol. The Balaban J connectivity index is 2.80. The normalized spacial score (nSPS) is 12.8. The maximum atomic E-state index is 5.96. The summed E-state index contributed by atoms with van der Waals surface area (Å²) >= 11 is 5.96. The van der Waals surface area contributed by atoms with Crippen LogP contribution in [0.4, 0.5) is 11.8 Å². The highest BCUT2D eigenvalue weighted by molar-refractivity contribution is 6.32. The number of hydrogen-bond acceptors (Lipinski definition) is 5. The van der Waals surface area contributed by atoms with E-state index < -0.39 is 0 Å². The molecule has 0 amide bonds. The smallest absolute Gasteiger partial charge is 0.222 e. The molecule has 0 aliphatic heterocycles. The highest BCUT2D eigenvalue weighted by Crippen LogP contribution is 2.20. The molecule has 0 radical (unpaired) electrons. The van der Waals surface area contributed by atoms with Crippen molar-refractivity contribution in [2.75, 3.05) is 24.8 Å². The molecular formula is C10H17ClN4O. The summed E-state index contributed by atoms with van der Waals surface area (Å²) in [5.74, 6) is 1.14. The second-order valence-electron chi connectivity index (χ2n) is 3.87. The number of ether oxygens (including phenoxy) is 1. The first-order valence-electron chi connectivity index (χ1n) is 5.08. The van der Waals surface area contributed by atoms with E-state index in [-0.39, 0.29) is 12.0 Å². The summed E-state index contributed by atoms with van der Waals surface area (Å²) < 4.78 is 5.13. The van der Waals surface area contributed by atoms with Crippen molar-refractivity contribution in [1.82, 2.24) is 9.97 Å². The summed E-state index contributed by atoms with van der Waals surface area (Å²) in [7, 11) is 1.66. The lowest BCUT2D eigenvalue weighted by molar-refractivity contribution is 0.171. The van der Waals surface area contributed by atoms with Crippen molar-refractivity contribution in [3.8, 4) is 0 Å². The van der Waals surface area contributed by atoms with Crippen LogP contribution in [0.15, 0.2) is 6.20 Å². The molecule has 0 saturated carbocycles. The Hall–Kier alpha value is -1.07. The van der Waals surface area contributed by atoms with E-state index in [1.807, 2.05) is 0 Å². The molecule has 1 rings (SSSR count). The molecule has 1 heterocycles. The fourth-order valence-corrected chi connectivity index (χ4v) is 1.38. The van der Waals surface area contributed by atoms with Crippen LogP contribution in [0.5, 0.6) is 0 Å². The molecule has 0 saturated heterocycles. The topological polar surface area (TPSA) is 73.1 Å². The van der Waals surface area contributed by atoms with E-state index in [9.17, 15) is 0 Å². The zero-order valence-corrected chi connectivity index (χ0v) is 10.5. The van der Waals surface area contributed by atoms with E-state index in [2.05, 4.69) is 29.1 Å². The molecule has 0 aliphatic carbocycles. The average Bonchev–Trinajstić information content (AvgIpc) is 2.22. The van der Waals surface area contributed by atoms with Crippen molar-refractivity contribution in [1.29, 1.82) is 0 Å². The number of nitrogen functional groups attached to an aromatic ring is 1. The Morgan fingerprint density at radius 2 is 2.25 bits per heavy atom. The van der Waals surface area contributed by atoms with Crippen molar-refractivity contribution in [2.24, 2.45) is 5.92 Å². The molecule has 1 aromatic rings. The van der Waals surface area contributed by atoms with E-state index in [0.717, 1.165) is 0 Å². The van der Waals surface area contributed by atoms with Crippen LogP contribution >= 0.6 is 11.6 Å². The van der Waals surface area contributed by atoms with Gasteiger partial charge in [-0.15, -0.1) is 0 Å². The number of rotatable bonds is 5. The first-order valence-corrected chi connectivity index (χ1v) is 5.46. The molecule has 0 fully saturated rings. The molecule has 90 valence electrons. The van der Waals surface area contributed by atoms with Gasteiger partial charge in [0.15, 0.2) is 5.82 Å². The van der Waals surface area contributed by atoms with Gasteiger partial charge in [0.05, 0.1) is 18.8 Å². The third-order valence-corrected chi connectivity index (χ3v) is 2.51. The third kappa shape index (κ3) is 3.50. The lowest BCUT2D eigenvalue weighted by Crippen LogP contribution is -2.31. The molecule has 16 heavy (non-hydrogen) atoms. The lowest BCUT2D eigenvalue weighted by Gasteiger charge is -2.22. The Morgan fingerprint density at radius 1 is 1.56 bits per heavy atom. The van der Waals surface area contributed by atoms with Crippen LogP contribution in [-0.4, -0.2) is 29.7 Å². The first-order chi connectivity index (χ1) is 7.54. The summed E-state index contributed by atoms with van der Waals surface area (Å²) in [6, 6.07) is 0.136. The summed E-state index contributed by atoms with van der Waals surface area (Å²) in [6.45, 7) is 4.77. The highest BCUT2D eigenvalue weighted by Gasteiger charge is 2.15. The molecular weight excluding hydrogens is 228 g/mol. The van der Waals surface area contributed by atoms with Crippen LogP contribution in [0.1, 0.15) is 13.8 Å². The molecule has 5 nitrogen and oxygen atoms in total. The zero-order chi connectivity index (χ0) is 12.1. The Morgan fingerprint density at radius 3 is 2.81 bits per heavy atom. The van der Waals surface area contributed by atoms with Gasteiger partial charge in [-0.2, -0.15) is 4.98 Å². The molecule has 1 atom stereocenters. The van der Waals surface area contributed by atoms with Crippen LogP contribution in [0.3, 0.4) is 0 Å². The summed E-state index contributed by atoms with van der Waals surface area (Å²) in [5.41, 5.74) is 5.50. The van der Waals surface area contributed by atoms with Crippen molar-refractivity contribution < 1.29 is 4.74 Å². The van der Waals surface area contributed by atoms with E-state index >= 15 is 0 Å². The fraction of sp³-hybridized carbons (Fsp3) is 0.600. The number of halogens is 1. The van der Waals surface area contributed by atoms with Gasteiger partial charge < -0.3 is 15.8 Å². The number of nitrogens with one attached hydrogen (secondary N) is 1. The largest absolute Gasteiger partial charge is 0.383 e. The Bertz CT molecular complexity index is 346. The number of nitrogens with zero attached hydrogens (tertiary/aromatic N) is 2. The van der Waals surface area contributed by atoms with E-state index in [1.165, 1.54) is 6.20 Å². The monoisotopic (exact) mass is 244 g/mol. The summed E-state index contributed by atoms with van der Waals surface area (Å²) in [5, 5.41) is 3.66. The molecule has 1 unspecified atom stereocenters. The van der Waals surface area contributed by atoms with E-state index in [1.54, 1.807) is 7.11 Å². The minimum Gasteiger partial charge on any atom is -0.383 e. The van der Waals surface area contributed by atoms with Crippen molar-refractivity contribution >= 4 is 23.4 Å². The van der Waals surface area contributed by atoms with Gasteiger partial charge in [0.25, 0.3) is 0 Å². The SMILES string of the molecule is COCC(Nc1nc(N)ncc1Cl)C(C)C. The van der Waals surface area contributed by atoms with E-state index in [4.69, 9.17) is 22.1 Å². The minimum atomic E-state index is 0.136. The van der Waals surface area contributed by atoms with Gasteiger partial charge in [0, 0.05) is 7.11 Å². The molecule has 6 heteroatoms. The predicted octanol–water partition coefficient (Wildman–Crippen LogP) is 1.80. The summed E-state index contributed by atoms with van der Waals surface area (Å²) in [4.78, 5) is 7.85. The van der Waals surface area contributed by atoms with Crippen LogP contribution in [0.2, 0.25) is 5.02 Å². The molecule has 0 bridgehead atoms. The van der Waals surface area contributed by atoms with Gasteiger partial charge in [-0.05, 0) is 5.92 Å². The van der Waals surface area contributed by atoms with Gasteiger partial charge in [-0.25, -0.2) is 4.98 Å². The molecule has 0 aliphatic rings. The van der Waals surface area contributed by atoms with Crippen LogP contribution in [0.25, 0.3) is 0 Å². The second-order valence-corrected chi connectivity index (χ2v) is 4.28. The standard InChI is InChI=1S/C10H17ClN4O/c1-6(2)8(5-16-3)14-9-7(11)4-13-10(12)15-9/h4,6,8H,5H2,1-3H3,(H3,12,13,14,15). The van der Waals surface area contributed by atoms with Gasteiger partial charge in [-0.1, -0.05) is 25.4 Å². The van der Waals surface area contributed by atoms with Gasteiger partial charge in [0.1, 0.15) is 5.02 Å². The summed E-state index contributed by atoms with van der Waals surface area (Å²) in [6.07, 6.45) is 1.48. The molecule has 0 spiro atoms. The van der Waals surface area contributed by atoms with Gasteiger partial charge in [0.2, 0.25) is 5.95 Å². The minimum absolute atomic E-state index is 0.136. The highest BCUT2D eigenvalue weighted by atomic mass is 35.5. The second kappa shape index (κ2) is 5.86. The number of hydrogen-bond donors (Lipinski definition) is 2. The quantitative estimate of drug-likeness (QED) is 0.826. The zero-order valence-electron chi connectivity index (χ0n) is 9.70. The van der Waals surface area contributed by atoms with Gasteiger partial charge >= 0.3 is 0 Å². The first kappa shape index (κ1) is 13.0. The number of methoxy groups -OCH3 is 1. The molecule has 3 N–H and O–H groups in total. The van der Waals surface area contributed by atoms with Crippen LogP contribution < -0.4 is 11.1 Å². The van der Waals surface area contributed by atoms with Crippen molar-refractivity contribution in [2.45, 2.75) is 19.9 Å². The number of anilines is 2. The maximum Gasteiger partial charge on any atom is 0.222 e. The van der Waals surface area contributed by atoms with Crippen LogP contribution in [-0.2, 0) is 4.74 Å². The number of aromatic nitrogens is 2. The third-order valence-electron chi connectivity index (χ3n) is 2.24. The maximum absolute atomic E-state index is 5.96. The number of nitrogens with two attached hydrogens (primary N) is 1. The van der Waals surface area contributed by atoms with E-state index in [0.29, 0.717) is 23.4 Å².